The van der Waals surface area contributed by atoms with E-state index in [0.29, 0.717) is 29.4 Å². The standard InChI is InChI=1S/C20H26N2O5S/c1-5-27-15-7-6-14(11-16(15)26-4)12-17-19(24)22(20(25)28-17)9-8-21-18(23)10-13(2)3/h6-7,11-13H,5,8-10H2,1-4H3,(H,21,23)/b17-12-. The van der Waals surface area contributed by atoms with Gasteiger partial charge in [0.1, 0.15) is 0 Å². The predicted octanol–water partition coefficient (Wildman–Crippen LogP) is 3.29. The Morgan fingerprint density at radius 2 is 2.04 bits per heavy atom. The number of hydrogen-bond donors (Lipinski definition) is 1. The summed E-state index contributed by atoms with van der Waals surface area (Å²) >= 11 is 0.888. The first-order chi connectivity index (χ1) is 13.3. The second-order valence-electron chi connectivity index (χ2n) is 6.62. The van der Waals surface area contributed by atoms with Crippen LogP contribution in [0.5, 0.6) is 11.5 Å². The third kappa shape index (κ3) is 5.76. The molecular formula is C20H26N2O5S. The minimum Gasteiger partial charge on any atom is -0.493 e. The van der Waals surface area contributed by atoms with Gasteiger partial charge in [-0.1, -0.05) is 19.9 Å². The van der Waals surface area contributed by atoms with Crippen LogP contribution in [-0.4, -0.2) is 48.8 Å². The van der Waals surface area contributed by atoms with Crippen LogP contribution in [0.2, 0.25) is 0 Å². The Balaban J connectivity index is 2.03. The molecule has 1 fully saturated rings. The quantitative estimate of drug-likeness (QED) is 0.634. The molecule has 1 aliphatic heterocycles. The molecule has 0 aliphatic carbocycles. The summed E-state index contributed by atoms with van der Waals surface area (Å²) in [5.41, 5.74) is 0.732. The van der Waals surface area contributed by atoms with E-state index in [0.717, 1.165) is 22.2 Å². The molecule has 0 saturated carbocycles. The Labute approximate surface area is 169 Å². The van der Waals surface area contributed by atoms with Crippen LogP contribution in [0.25, 0.3) is 6.08 Å². The van der Waals surface area contributed by atoms with Crippen LogP contribution in [-0.2, 0) is 9.59 Å². The van der Waals surface area contributed by atoms with Crippen LogP contribution < -0.4 is 14.8 Å². The molecule has 1 heterocycles. The van der Waals surface area contributed by atoms with Crippen molar-refractivity contribution < 1.29 is 23.9 Å². The van der Waals surface area contributed by atoms with Gasteiger partial charge in [0.05, 0.1) is 18.6 Å². The maximum Gasteiger partial charge on any atom is 0.293 e. The minimum atomic E-state index is -0.360. The van der Waals surface area contributed by atoms with Gasteiger partial charge >= 0.3 is 0 Å². The second kappa shape index (κ2) is 10.2. The molecular weight excluding hydrogens is 380 g/mol. The number of carbonyl (C=O) groups is 3. The van der Waals surface area contributed by atoms with E-state index in [1.165, 1.54) is 0 Å². The SMILES string of the molecule is CCOc1ccc(/C=C2\SC(=O)N(CCNC(=O)CC(C)C)C2=O)cc1OC. The summed E-state index contributed by atoms with van der Waals surface area (Å²) in [6, 6.07) is 5.32. The number of ether oxygens (including phenoxy) is 2. The van der Waals surface area contributed by atoms with Crippen LogP contribution in [0.3, 0.4) is 0 Å². The van der Waals surface area contributed by atoms with E-state index in [-0.39, 0.29) is 36.1 Å². The zero-order valence-corrected chi connectivity index (χ0v) is 17.4. The van der Waals surface area contributed by atoms with Crippen LogP contribution in [0.15, 0.2) is 23.1 Å². The number of imide groups is 1. The monoisotopic (exact) mass is 406 g/mol. The highest BCUT2D eigenvalue weighted by Crippen LogP contribution is 2.34. The van der Waals surface area contributed by atoms with Crippen LogP contribution in [0.4, 0.5) is 4.79 Å². The van der Waals surface area contributed by atoms with E-state index >= 15 is 0 Å². The molecule has 0 unspecified atom stereocenters. The molecule has 3 amide bonds. The van der Waals surface area contributed by atoms with Crippen LogP contribution >= 0.6 is 11.8 Å². The summed E-state index contributed by atoms with van der Waals surface area (Å²) in [7, 11) is 1.54. The fourth-order valence-corrected chi connectivity index (χ4v) is 3.51. The summed E-state index contributed by atoms with van der Waals surface area (Å²) in [5.74, 6) is 0.987. The number of thioether (sulfide) groups is 1. The average molecular weight is 407 g/mol. The van der Waals surface area contributed by atoms with Crippen molar-refractivity contribution in [3.8, 4) is 11.5 Å². The molecule has 1 aromatic carbocycles. The van der Waals surface area contributed by atoms with Gasteiger partial charge in [-0.2, -0.15) is 0 Å². The highest BCUT2D eigenvalue weighted by molar-refractivity contribution is 8.18. The van der Waals surface area contributed by atoms with Crippen molar-refractivity contribution >= 4 is 34.9 Å². The van der Waals surface area contributed by atoms with Crippen molar-refractivity contribution in [2.24, 2.45) is 5.92 Å². The van der Waals surface area contributed by atoms with Gasteiger partial charge in [-0.3, -0.25) is 19.3 Å². The molecule has 1 aliphatic rings. The smallest absolute Gasteiger partial charge is 0.293 e. The number of amides is 3. The molecule has 7 nitrogen and oxygen atoms in total. The number of carbonyl (C=O) groups excluding carboxylic acids is 3. The van der Waals surface area contributed by atoms with Gasteiger partial charge in [-0.05, 0) is 48.4 Å². The van der Waals surface area contributed by atoms with Gasteiger partial charge in [0.2, 0.25) is 5.91 Å². The van der Waals surface area contributed by atoms with Gasteiger partial charge < -0.3 is 14.8 Å². The molecule has 0 bridgehead atoms. The number of nitrogens with zero attached hydrogens (tertiary/aromatic N) is 1. The highest BCUT2D eigenvalue weighted by Gasteiger charge is 2.34. The summed E-state index contributed by atoms with van der Waals surface area (Å²) < 4.78 is 10.8. The fraction of sp³-hybridized carbons (Fsp3) is 0.450. The summed E-state index contributed by atoms with van der Waals surface area (Å²) in [6.45, 7) is 6.70. The van der Waals surface area contributed by atoms with Crippen molar-refractivity contribution in [1.82, 2.24) is 10.2 Å². The Morgan fingerprint density at radius 3 is 2.68 bits per heavy atom. The van der Waals surface area contributed by atoms with E-state index in [9.17, 15) is 14.4 Å². The normalized spacial score (nSPS) is 15.5. The largest absolute Gasteiger partial charge is 0.493 e. The molecule has 28 heavy (non-hydrogen) atoms. The lowest BCUT2D eigenvalue weighted by molar-refractivity contribution is -0.124. The molecule has 0 spiro atoms. The lowest BCUT2D eigenvalue weighted by Gasteiger charge is -2.13. The first-order valence-electron chi connectivity index (χ1n) is 9.18. The number of hydrogen-bond acceptors (Lipinski definition) is 6. The molecule has 1 saturated heterocycles. The third-order valence-electron chi connectivity index (χ3n) is 3.91. The van der Waals surface area contributed by atoms with E-state index < -0.39 is 0 Å². The maximum atomic E-state index is 12.5. The number of nitrogens with one attached hydrogen (secondary N) is 1. The van der Waals surface area contributed by atoms with Crippen molar-refractivity contribution in [2.75, 3.05) is 26.8 Å². The zero-order valence-electron chi connectivity index (χ0n) is 16.6. The topological polar surface area (TPSA) is 84.9 Å². The molecule has 8 heteroatoms. The van der Waals surface area contributed by atoms with Crippen molar-refractivity contribution in [3.05, 3.63) is 28.7 Å². The van der Waals surface area contributed by atoms with Gasteiger partial charge in [0.25, 0.3) is 11.1 Å². The summed E-state index contributed by atoms with van der Waals surface area (Å²) in [5, 5.41) is 2.40. The number of benzene rings is 1. The number of rotatable bonds is 9. The first kappa shape index (κ1) is 21.8. The molecule has 0 radical (unpaired) electrons. The predicted molar refractivity (Wildman–Crippen MR) is 109 cm³/mol. The Bertz CT molecular complexity index is 776. The minimum absolute atomic E-state index is 0.0843. The zero-order chi connectivity index (χ0) is 20.7. The van der Waals surface area contributed by atoms with Gasteiger partial charge in [-0.25, -0.2) is 0 Å². The molecule has 152 valence electrons. The Hall–Kier alpha value is -2.48. The lowest BCUT2D eigenvalue weighted by Crippen LogP contribution is -2.37. The van der Waals surface area contributed by atoms with E-state index in [1.807, 2.05) is 20.8 Å². The van der Waals surface area contributed by atoms with Gasteiger partial charge in [0, 0.05) is 19.5 Å². The molecule has 1 aromatic rings. The Kier molecular flexibility index (Phi) is 7.92. The fourth-order valence-electron chi connectivity index (χ4n) is 2.64. The maximum absolute atomic E-state index is 12.5. The van der Waals surface area contributed by atoms with Gasteiger partial charge in [-0.15, -0.1) is 0 Å². The molecule has 1 N–H and O–H groups in total. The average Bonchev–Trinajstić information content (AvgIpc) is 2.89. The van der Waals surface area contributed by atoms with Gasteiger partial charge in [0.15, 0.2) is 11.5 Å². The third-order valence-corrected chi connectivity index (χ3v) is 4.82. The van der Waals surface area contributed by atoms with Crippen molar-refractivity contribution in [2.45, 2.75) is 27.2 Å². The second-order valence-corrected chi connectivity index (χ2v) is 7.62. The molecule has 0 atom stereocenters. The van der Waals surface area contributed by atoms with E-state index in [1.54, 1.807) is 31.4 Å². The molecule has 2 rings (SSSR count). The first-order valence-corrected chi connectivity index (χ1v) is 10.00. The summed E-state index contributed by atoms with van der Waals surface area (Å²) in [6.07, 6.45) is 2.07. The van der Waals surface area contributed by atoms with Crippen molar-refractivity contribution in [3.63, 3.8) is 0 Å². The lowest BCUT2D eigenvalue weighted by atomic mass is 10.1. The molecule has 0 aromatic heterocycles. The van der Waals surface area contributed by atoms with E-state index in [2.05, 4.69) is 5.32 Å². The van der Waals surface area contributed by atoms with Crippen molar-refractivity contribution in [1.29, 1.82) is 0 Å². The van der Waals surface area contributed by atoms with Crippen LogP contribution in [0, 0.1) is 5.92 Å². The van der Waals surface area contributed by atoms with Crippen LogP contribution in [0.1, 0.15) is 32.8 Å². The Morgan fingerprint density at radius 1 is 1.29 bits per heavy atom. The highest BCUT2D eigenvalue weighted by atomic mass is 32.2. The van der Waals surface area contributed by atoms with E-state index in [4.69, 9.17) is 9.47 Å². The number of methoxy groups -OCH3 is 1. The summed E-state index contributed by atoms with van der Waals surface area (Å²) in [4.78, 5) is 37.9.